The summed E-state index contributed by atoms with van der Waals surface area (Å²) in [5.41, 5.74) is -0.215. The van der Waals surface area contributed by atoms with E-state index in [-0.39, 0.29) is 29.6 Å². The van der Waals surface area contributed by atoms with Crippen molar-refractivity contribution >= 4 is 23.4 Å². The summed E-state index contributed by atoms with van der Waals surface area (Å²) in [6.45, 7) is 3.79. The van der Waals surface area contributed by atoms with E-state index >= 15 is 0 Å². The maximum absolute atomic E-state index is 12.5. The second-order valence-corrected chi connectivity index (χ2v) is 6.74. The number of methoxy groups -OCH3 is 1. The highest BCUT2D eigenvalue weighted by Gasteiger charge is 2.27. The van der Waals surface area contributed by atoms with Gasteiger partial charge in [-0.2, -0.15) is 0 Å². The fourth-order valence-electron chi connectivity index (χ4n) is 2.35. The lowest BCUT2D eigenvalue weighted by Crippen LogP contribution is -2.44. The van der Waals surface area contributed by atoms with Gasteiger partial charge in [-0.05, 0) is 30.4 Å². The molecule has 0 spiro atoms. The van der Waals surface area contributed by atoms with Crippen LogP contribution in [0.4, 0.5) is 5.69 Å². The summed E-state index contributed by atoms with van der Waals surface area (Å²) >= 11 is 1.54. The Morgan fingerprint density at radius 2 is 2.16 bits per heavy atom. The number of carbonyl (C=O) groups excluding carboxylic acids is 1. The zero-order valence-electron chi connectivity index (χ0n) is 14.6. The summed E-state index contributed by atoms with van der Waals surface area (Å²) in [6, 6.07) is 7.24. The number of carbonyl (C=O) groups is 1. The van der Waals surface area contributed by atoms with Gasteiger partial charge in [-0.15, -0.1) is 16.5 Å². The summed E-state index contributed by atoms with van der Waals surface area (Å²) < 4.78 is 5.47. The minimum atomic E-state index is -0.618. The number of anilines is 1. The topological polar surface area (TPSA) is 98.1 Å². The molecule has 0 atom stereocenters. The number of aromatic amines is 1. The van der Waals surface area contributed by atoms with Crippen LogP contribution < -0.4 is 20.3 Å². The maximum atomic E-state index is 12.5. The van der Waals surface area contributed by atoms with Gasteiger partial charge in [0.25, 0.3) is 11.6 Å². The quantitative estimate of drug-likeness (QED) is 0.466. The fraction of sp³-hybridized carbons (Fsp3) is 0.353. The molecule has 0 saturated heterocycles. The fourth-order valence-corrected chi connectivity index (χ4v) is 2.81. The molecule has 1 aromatic carbocycles. The van der Waals surface area contributed by atoms with Crippen molar-refractivity contribution in [2.24, 2.45) is 5.92 Å². The molecular formula is C17H21N3O4S. The van der Waals surface area contributed by atoms with Crippen LogP contribution in [0.25, 0.3) is 0 Å². The number of nitrogens with one attached hydrogen (secondary N) is 2. The van der Waals surface area contributed by atoms with Crippen molar-refractivity contribution in [2.75, 3.05) is 18.7 Å². The number of hydrogen-bond donors (Lipinski definition) is 2. The molecule has 0 saturated carbocycles. The Morgan fingerprint density at radius 1 is 1.44 bits per heavy atom. The van der Waals surface area contributed by atoms with Gasteiger partial charge >= 0.3 is 11.4 Å². The van der Waals surface area contributed by atoms with Crippen molar-refractivity contribution in [1.29, 1.82) is 0 Å². The molecule has 0 fully saturated rings. The van der Waals surface area contributed by atoms with Gasteiger partial charge in [0.15, 0.2) is 0 Å². The van der Waals surface area contributed by atoms with E-state index in [1.54, 1.807) is 18.2 Å². The minimum absolute atomic E-state index is 0.0211. The number of aromatic nitrogens is 2. The molecule has 0 bridgehead atoms. The van der Waals surface area contributed by atoms with Crippen LogP contribution in [-0.2, 0) is 6.42 Å². The van der Waals surface area contributed by atoms with E-state index in [4.69, 9.17) is 4.74 Å². The van der Waals surface area contributed by atoms with E-state index in [9.17, 15) is 14.8 Å². The number of hydrogen-bond acceptors (Lipinski definition) is 5. The zero-order valence-corrected chi connectivity index (χ0v) is 15.4. The molecule has 1 amide bonds. The Kier molecular flexibility index (Phi) is 6.08. The van der Waals surface area contributed by atoms with Crippen LogP contribution in [-0.4, -0.2) is 24.3 Å². The monoisotopic (exact) mass is 363 g/mol. The molecule has 1 aromatic heterocycles. The van der Waals surface area contributed by atoms with Gasteiger partial charge in [0.2, 0.25) is 5.69 Å². The van der Waals surface area contributed by atoms with Gasteiger partial charge in [0.05, 0.1) is 7.11 Å². The second kappa shape index (κ2) is 8.06. The molecule has 2 N–H and O–H groups in total. The van der Waals surface area contributed by atoms with E-state index in [0.29, 0.717) is 10.4 Å². The third kappa shape index (κ3) is 4.33. The molecule has 7 nitrogen and oxygen atoms in total. The Hall–Kier alpha value is -2.48. The third-order valence-corrected chi connectivity index (χ3v) is 4.22. The molecule has 0 aliphatic heterocycles. The zero-order chi connectivity index (χ0) is 18.6. The molecule has 25 heavy (non-hydrogen) atoms. The van der Waals surface area contributed by atoms with Gasteiger partial charge < -0.3 is 20.2 Å². The first-order valence-corrected chi connectivity index (χ1v) is 8.98. The van der Waals surface area contributed by atoms with Crippen molar-refractivity contribution in [3.63, 3.8) is 0 Å². The van der Waals surface area contributed by atoms with Crippen LogP contribution in [0.15, 0.2) is 34.0 Å². The Morgan fingerprint density at radius 3 is 2.76 bits per heavy atom. The standard InChI is InChI=1S/C17H21N3O4S/c1-10(2)8-13-15(21)19-14(17(24-3)20(13)23)16(22)18-11-6-5-7-12(9-11)25-4/h5-7,9-10H,8H2,1-4H3,(H,18,22)(H,19,21). The average Bonchev–Trinajstić information content (AvgIpc) is 2.58. The van der Waals surface area contributed by atoms with Crippen molar-refractivity contribution in [3.05, 3.63) is 51.2 Å². The molecule has 2 rings (SSSR count). The van der Waals surface area contributed by atoms with E-state index in [1.807, 2.05) is 26.2 Å². The Labute approximate surface area is 150 Å². The van der Waals surface area contributed by atoms with Crippen LogP contribution in [0.5, 0.6) is 5.88 Å². The highest BCUT2D eigenvalue weighted by atomic mass is 32.2. The van der Waals surface area contributed by atoms with Crippen LogP contribution in [0.3, 0.4) is 0 Å². The van der Waals surface area contributed by atoms with Gasteiger partial charge in [-0.3, -0.25) is 9.59 Å². The molecule has 0 unspecified atom stereocenters. The van der Waals surface area contributed by atoms with Crippen molar-refractivity contribution in [3.8, 4) is 5.88 Å². The highest BCUT2D eigenvalue weighted by Crippen LogP contribution is 2.20. The van der Waals surface area contributed by atoms with Crippen LogP contribution in [0, 0.1) is 11.1 Å². The number of benzene rings is 1. The van der Waals surface area contributed by atoms with Crippen LogP contribution in [0.2, 0.25) is 0 Å². The summed E-state index contributed by atoms with van der Waals surface area (Å²) in [5, 5.41) is 15.1. The summed E-state index contributed by atoms with van der Waals surface area (Å²) in [6.07, 6.45) is 2.21. The summed E-state index contributed by atoms with van der Waals surface area (Å²) in [5.74, 6) is -0.735. The second-order valence-electron chi connectivity index (χ2n) is 5.86. The number of ether oxygens (including phenoxy) is 1. The van der Waals surface area contributed by atoms with E-state index in [2.05, 4.69) is 10.3 Å². The van der Waals surface area contributed by atoms with Crippen molar-refractivity contribution in [2.45, 2.75) is 25.2 Å². The molecular weight excluding hydrogens is 342 g/mol. The molecule has 0 aliphatic carbocycles. The molecule has 0 aliphatic rings. The van der Waals surface area contributed by atoms with E-state index < -0.39 is 11.5 Å². The van der Waals surface area contributed by atoms with Gasteiger partial charge in [0, 0.05) is 17.0 Å². The van der Waals surface area contributed by atoms with Gasteiger partial charge in [0.1, 0.15) is 0 Å². The predicted octanol–water partition coefficient (Wildman–Crippen LogP) is 2.19. The number of nitrogens with zero attached hydrogens (tertiary/aromatic N) is 1. The Bertz CT molecular complexity index is 833. The highest BCUT2D eigenvalue weighted by molar-refractivity contribution is 7.98. The predicted molar refractivity (Wildman–Crippen MR) is 97.3 cm³/mol. The SMILES string of the molecule is COc1c(C(=O)Nc2cccc(SC)c2)[nH]c(=O)c(CC(C)C)[n+]1[O-]. The first kappa shape index (κ1) is 18.9. The number of thioether (sulfide) groups is 1. The van der Waals surface area contributed by atoms with E-state index in [0.717, 1.165) is 4.90 Å². The lowest BCUT2D eigenvalue weighted by molar-refractivity contribution is -0.622. The normalized spacial score (nSPS) is 10.8. The first-order valence-electron chi connectivity index (χ1n) is 7.75. The number of H-pyrrole nitrogens is 1. The van der Waals surface area contributed by atoms with Crippen LogP contribution in [0.1, 0.15) is 30.0 Å². The Balaban J connectivity index is 2.40. The molecule has 0 radical (unpaired) electrons. The largest absolute Gasteiger partial charge is 0.616 e. The average molecular weight is 363 g/mol. The smallest absolute Gasteiger partial charge is 0.409 e. The lowest BCUT2D eigenvalue weighted by Gasteiger charge is -2.12. The van der Waals surface area contributed by atoms with Gasteiger partial charge in [-0.1, -0.05) is 19.9 Å². The van der Waals surface area contributed by atoms with Gasteiger partial charge in [-0.25, -0.2) is 0 Å². The molecule has 2 aromatic rings. The van der Waals surface area contributed by atoms with Crippen molar-refractivity contribution < 1.29 is 14.3 Å². The third-order valence-electron chi connectivity index (χ3n) is 3.49. The maximum Gasteiger partial charge on any atom is 0.409 e. The number of amides is 1. The van der Waals surface area contributed by atoms with Crippen molar-refractivity contribution in [1.82, 2.24) is 4.98 Å². The first-order chi connectivity index (χ1) is 11.9. The lowest BCUT2D eigenvalue weighted by atomic mass is 10.1. The number of rotatable bonds is 6. The minimum Gasteiger partial charge on any atom is -0.616 e. The molecule has 8 heteroatoms. The van der Waals surface area contributed by atoms with Crippen LogP contribution >= 0.6 is 11.8 Å². The molecule has 1 heterocycles. The molecule has 134 valence electrons. The van der Waals surface area contributed by atoms with E-state index in [1.165, 1.54) is 18.9 Å². The summed E-state index contributed by atoms with van der Waals surface area (Å²) in [4.78, 5) is 28.2. The summed E-state index contributed by atoms with van der Waals surface area (Å²) in [7, 11) is 1.28.